The third-order valence-electron chi connectivity index (χ3n) is 4.64. The molecule has 0 saturated carbocycles. The number of amides is 3. The Morgan fingerprint density at radius 2 is 1.76 bits per heavy atom. The summed E-state index contributed by atoms with van der Waals surface area (Å²) >= 11 is 0. The van der Waals surface area contributed by atoms with Gasteiger partial charge in [-0.1, -0.05) is 6.07 Å². The molecule has 0 radical (unpaired) electrons. The Morgan fingerprint density at radius 1 is 1.06 bits per heavy atom. The van der Waals surface area contributed by atoms with Crippen molar-refractivity contribution >= 4 is 29.6 Å². The van der Waals surface area contributed by atoms with E-state index < -0.39 is 23.6 Å². The van der Waals surface area contributed by atoms with E-state index in [1.807, 2.05) is 5.43 Å². The van der Waals surface area contributed by atoms with Crippen LogP contribution in [0.2, 0.25) is 0 Å². The Kier molecular flexibility index (Phi) is 8.19. The lowest BCUT2D eigenvalue weighted by molar-refractivity contribution is -0.138. The molecule has 12 heteroatoms. The van der Waals surface area contributed by atoms with Crippen LogP contribution in [0.15, 0.2) is 53.6 Å². The molecule has 0 spiro atoms. The Bertz CT molecular complexity index is 1050. The van der Waals surface area contributed by atoms with Crippen molar-refractivity contribution in [1.82, 2.24) is 10.3 Å². The van der Waals surface area contributed by atoms with Gasteiger partial charge in [0.05, 0.1) is 25.0 Å². The molecule has 9 nitrogen and oxygen atoms in total. The summed E-state index contributed by atoms with van der Waals surface area (Å²) in [4.78, 5) is 37.4. The zero-order chi connectivity index (χ0) is 24.6. The maximum Gasteiger partial charge on any atom is 0.416 e. The van der Waals surface area contributed by atoms with Gasteiger partial charge >= 0.3 is 18.0 Å². The molecule has 34 heavy (non-hydrogen) atoms. The highest BCUT2D eigenvalue weighted by molar-refractivity contribution is 6.39. The SMILES string of the molecule is O=C(N/N=C\c1ccc(OCC(=O)N2CCOCC2)cc1)C(=O)Nc1cccc(C(F)(F)F)c1. The van der Waals surface area contributed by atoms with Crippen LogP contribution in [0.4, 0.5) is 18.9 Å². The standard InChI is InChI=1S/C22H21F3N4O5/c23-22(24,25)16-2-1-3-17(12-16)27-20(31)21(32)28-26-13-15-4-6-18(7-5-15)34-14-19(30)29-8-10-33-11-9-29/h1-7,12-13H,8-11,14H2,(H,27,31)(H,28,32)/b26-13-. The molecule has 2 N–H and O–H groups in total. The van der Waals surface area contributed by atoms with Crippen LogP contribution < -0.4 is 15.5 Å². The molecule has 3 rings (SSSR count). The molecular weight excluding hydrogens is 457 g/mol. The van der Waals surface area contributed by atoms with Gasteiger partial charge in [-0.25, -0.2) is 5.43 Å². The van der Waals surface area contributed by atoms with Gasteiger partial charge in [0.25, 0.3) is 5.91 Å². The molecule has 3 amide bonds. The van der Waals surface area contributed by atoms with Crippen LogP contribution in [-0.4, -0.2) is 61.7 Å². The van der Waals surface area contributed by atoms with Gasteiger partial charge in [-0.15, -0.1) is 0 Å². The highest BCUT2D eigenvalue weighted by atomic mass is 19.4. The lowest BCUT2D eigenvalue weighted by atomic mass is 10.2. The smallest absolute Gasteiger partial charge is 0.416 e. The summed E-state index contributed by atoms with van der Waals surface area (Å²) in [5.74, 6) is -2.01. The Morgan fingerprint density at radius 3 is 2.44 bits per heavy atom. The molecule has 1 fully saturated rings. The number of hydrogen-bond donors (Lipinski definition) is 2. The topological polar surface area (TPSA) is 109 Å². The van der Waals surface area contributed by atoms with Crippen molar-refractivity contribution in [2.45, 2.75) is 6.18 Å². The average molecular weight is 478 g/mol. The lowest BCUT2D eigenvalue weighted by Gasteiger charge is -2.26. The van der Waals surface area contributed by atoms with Crippen molar-refractivity contribution in [1.29, 1.82) is 0 Å². The molecule has 1 aliphatic heterocycles. The van der Waals surface area contributed by atoms with Crippen LogP contribution in [0, 0.1) is 0 Å². The van der Waals surface area contributed by atoms with Crippen LogP contribution >= 0.6 is 0 Å². The molecule has 0 unspecified atom stereocenters. The number of benzene rings is 2. The van der Waals surface area contributed by atoms with Crippen molar-refractivity contribution in [3.63, 3.8) is 0 Å². The van der Waals surface area contributed by atoms with E-state index in [1.165, 1.54) is 12.3 Å². The quantitative estimate of drug-likeness (QED) is 0.375. The molecule has 180 valence electrons. The fourth-order valence-corrected chi connectivity index (χ4v) is 2.88. The number of carbonyl (C=O) groups is 3. The maximum atomic E-state index is 12.7. The van der Waals surface area contributed by atoms with Crippen molar-refractivity contribution in [3.8, 4) is 5.75 Å². The summed E-state index contributed by atoms with van der Waals surface area (Å²) in [6.07, 6.45) is -3.32. The van der Waals surface area contributed by atoms with Crippen LogP contribution in [0.1, 0.15) is 11.1 Å². The number of rotatable bonds is 6. The predicted molar refractivity (Wildman–Crippen MR) is 115 cm³/mol. The number of ether oxygens (including phenoxy) is 2. The Hall–Kier alpha value is -3.93. The van der Waals surface area contributed by atoms with E-state index in [4.69, 9.17) is 9.47 Å². The second-order valence-corrected chi connectivity index (χ2v) is 7.08. The summed E-state index contributed by atoms with van der Waals surface area (Å²) in [5, 5.41) is 5.73. The number of hydrazone groups is 1. The second-order valence-electron chi connectivity index (χ2n) is 7.08. The summed E-state index contributed by atoms with van der Waals surface area (Å²) in [5.41, 5.74) is 1.42. The van der Waals surface area contributed by atoms with Crippen molar-refractivity contribution < 1.29 is 37.0 Å². The normalized spacial score (nSPS) is 14.0. The van der Waals surface area contributed by atoms with E-state index in [0.717, 1.165) is 12.1 Å². The molecule has 0 atom stereocenters. The minimum absolute atomic E-state index is 0.107. The van der Waals surface area contributed by atoms with Crippen molar-refractivity contribution in [2.75, 3.05) is 38.2 Å². The second kappa shape index (κ2) is 11.3. The fourth-order valence-electron chi connectivity index (χ4n) is 2.88. The van der Waals surface area contributed by atoms with Gasteiger partial charge < -0.3 is 19.7 Å². The number of morpholine rings is 1. The fraction of sp³-hybridized carbons (Fsp3) is 0.273. The summed E-state index contributed by atoms with van der Waals surface area (Å²) < 4.78 is 48.9. The number of carbonyl (C=O) groups excluding carboxylic acids is 3. The first-order chi connectivity index (χ1) is 16.2. The molecule has 0 bridgehead atoms. The molecule has 0 aromatic heterocycles. The van der Waals surface area contributed by atoms with Gasteiger partial charge in [-0.2, -0.15) is 18.3 Å². The molecule has 0 aliphatic carbocycles. The lowest BCUT2D eigenvalue weighted by Crippen LogP contribution is -2.42. The van der Waals surface area contributed by atoms with E-state index >= 15 is 0 Å². The van der Waals surface area contributed by atoms with E-state index in [1.54, 1.807) is 29.2 Å². The minimum atomic E-state index is -4.58. The number of anilines is 1. The van der Waals surface area contributed by atoms with Gasteiger partial charge in [0, 0.05) is 18.8 Å². The monoisotopic (exact) mass is 478 g/mol. The highest BCUT2D eigenvalue weighted by Crippen LogP contribution is 2.30. The zero-order valence-electron chi connectivity index (χ0n) is 17.8. The van der Waals surface area contributed by atoms with E-state index in [9.17, 15) is 27.6 Å². The third kappa shape index (κ3) is 7.30. The van der Waals surface area contributed by atoms with Crippen LogP contribution in [0.25, 0.3) is 0 Å². The van der Waals surface area contributed by atoms with E-state index in [0.29, 0.717) is 43.7 Å². The van der Waals surface area contributed by atoms with Crippen molar-refractivity contribution in [3.05, 3.63) is 59.7 Å². The third-order valence-corrected chi connectivity index (χ3v) is 4.64. The largest absolute Gasteiger partial charge is 0.484 e. The summed E-state index contributed by atoms with van der Waals surface area (Å²) in [6.45, 7) is 1.96. The van der Waals surface area contributed by atoms with Gasteiger partial charge in [-0.3, -0.25) is 14.4 Å². The number of halogens is 3. The summed E-state index contributed by atoms with van der Waals surface area (Å²) in [7, 11) is 0. The Balaban J connectivity index is 1.45. The van der Waals surface area contributed by atoms with Crippen LogP contribution in [0.3, 0.4) is 0 Å². The first kappa shape index (κ1) is 24.7. The molecule has 1 saturated heterocycles. The number of nitrogens with zero attached hydrogens (tertiary/aromatic N) is 2. The molecule has 2 aromatic carbocycles. The number of alkyl halides is 3. The first-order valence-electron chi connectivity index (χ1n) is 10.1. The van der Waals surface area contributed by atoms with Gasteiger partial charge in [-0.05, 0) is 48.0 Å². The molecule has 2 aromatic rings. The highest BCUT2D eigenvalue weighted by Gasteiger charge is 2.30. The Labute approximate surface area is 192 Å². The zero-order valence-corrected chi connectivity index (χ0v) is 17.8. The first-order valence-corrected chi connectivity index (χ1v) is 10.1. The molecular formula is C22H21F3N4O5. The maximum absolute atomic E-state index is 12.7. The number of hydrogen-bond acceptors (Lipinski definition) is 6. The minimum Gasteiger partial charge on any atom is -0.484 e. The van der Waals surface area contributed by atoms with E-state index in [2.05, 4.69) is 10.4 Å². The van der Waals surface area contributed by atoms with Crippen molar-refractivity contribution in [2.24, 2.45) is 5.10 Å². The van der Waals surface area contributed by atoms with Gasteiger partial charge in [0.1, 0.15) is 5.75 Å². The average Bonchev–Trinajstić information content (AvgIpc) is 2.83. The summed E-state index contributed by atoms with van der Waals surface area (Å²) in [6, 6.07) is 10.3. The molecule has 1 heterocycles. The molecule has 1 aliphatic rings. The van der Waals surface area contributed by atoms with Gasteiger partial charge in [0.2, 0.25) is 0 Å². The van der Waals surface area contributed by atoms with Gasteiger partial charge in [0.15, 0.2) is 6.61 Å². The number of nitrogens with one attached hydrogen (secondary N) is 2. The predicted octanol–water partition coefficient (Wildman–Crippen LogP) is 2.03. The van der Waals surface area contributed by atoms with Crippen LogP contribution in [0.5, 0.6) is 5.75 Å². The van der Waals surface area contributed by atoms with Crippen LogP contribution in [-0.2, 0) is 25.3 Å². The van der Waals surface area contributed by atoms with E-state index in [-0.39, 0.29) is 18.2 Å².